The van der Waals surface area contributed by atoms with Gasteiger partial charge in [0, 0.05) is 12.6 Å². The van der Waals surface area contributed by atoms with Gasteiger partial charge in [0.25, 0.3) is 0 Å². The van der Waals surface area contributed by atoms with Crippen molar-refractivity contribution in [1.29, 1.82) is 0 Å². The fourth-order valence-corrected chi connectivity index (χ4v) is 2.14. The maximum atomic E-state index is 11.7. The van der Waals surface area contributed by atoms with E-state index in [1.807, 2.05) is 18.2 Å². The van der Waals surface area contributed by atoms with Crippen LogP contribution in [-0.2, 0) is 4.79 Å². The van der Waals surface area contributed by atoms with Gasteiger partial charge < -0.3 is 15.4 Å². The molecule has 1 aromatic carbocycles. The van der Waals surface area contributed by atoms with Crippen LogP contribution >= 0.6 is 12.4 Å². The average molecular weight is 299 g/mol. The number of rotatable bonds is 5. The Morgan fingerprint density at radius 1 is 1.40 bits per heavy atom. The summed E-state index contributed by atoms with van der Waals surface area (Å²) in [6.07, 6.45) is 1.42. The predicted octanol–water partition coefficient (Wildman–Crippen LogP) is 1.97. The molecular weight excluding hydrogens is 276 g/mol. The molecule has 1 heterocycles. The van der Waals surface area contributed by atoms with Crippen molar-refractivity contribution in [3.05, 3.63) is 29.3 Å². The third kappa shape index (κ3) is 5.02. The molecule has 1 unspecified atom stereocenters. The van der Waals surface area contributed by atoms with Crippen molar-refractivity contribution < 1.29 is 9.53 Å². The number of aryl methyl sites for hydroxylation is 2. The molecule has 1 atom stereocenters. The van der Waals surface area contributed by atoms with Gasteiger partial charge >= 0.3 is 0 Å². The molecule has 0 spiro atoms. The van der Waals surface area contributed by atoms with Crippen molar-refractivity contribution in [2.45, 2.75) is 32.7 Å². The molecule has 2 rings (SSSR count). The molecule has 112 valence electrons. The topological polar surface area (TPSA) is 50.4 Å². The Morgan fingerprint density at radius 3 is 2.85 bits per heavy atom. The first-order chi connectivity index (χ1) is 9.15. The summed E-state index contributed by atoms with van der Waals surface area (Å²) >= 11 is 0. The predicted molar refractivity (Wildman–Crippen MR) is 82.7 cm³/mol. The maximum absolute atomic E-state index is 11.7. The number of ether oxygens (including phenoxy) is 1. The Labute approximate surface area is 126 Å². The number of amides is 1. The average Bonchev–Trinajstić information content (AvgIpc) is 2.86. The first-order valence-corrected chi connectivity index (χ1v) is 6.85. The molecule has 0 aromatic heterocycles. The van der Waals surface area contributed by atoms with Gasteiger partial charge in [-0.15, -0.1) is 12.4 Å². The molecular formula is C15H23ClN2O2. The van der Waals surface area contributed by atoms with Crippen LogP contribution in [0.25, 0.3) is 0 Å². The molecule has 0 radical (unpaired) electrons. The maximum Gasteiger partial charge on any atom is 0.223 e. The van der Waals surface area contributed by atoms with Crippen molar-refractivity contribution in [3.8, 4) is 5.75 Å². The number of carbonyl (C=O) groups is 1. The number of halogens is 1. The molecule has 1 amide bonds. The van der Waals surface area contributed by atoms with Gasteiger partial charge in [0.15, 0.2) is 0 Å². The highest BCUT2D eigenvalue weighted by Crippen LogP contribution is 2.16. The van der Waals surface area contributed by atoms with Crippen molar-refractivity contribution in [1.82, 2.24) is 10.6 Å². The van der Waals surface area contributed by atoms with E-state index < -0.39 is 0 Å². The molecule has 2 N–H and O–H groups in total. The molecule has 1 fully saturated rings. The van der Waals surface area contributed by atoms with Gasteiger partial charge in [-0.05, 0) is 50.1 Å². The van der Waals surface area contributed by atoms with Crippen LogP contribution in [0.3, 0.4) is 0 Å². The third-order valence-electron chi connectivity index (χ3n) is 3.50. The number of hydrogen-bond donors (Lipinski definition) is 2. The second-order valence-electron chi connectivity index (χ2n) is 5.10. The highest BCUT2D eigenvalue weighted by molar-refractivity contribution is 5.85. The Kier molecular flexibility index (Phi) is 6.82. The van der Waals surface area contributed by atoms with Gasteiger partial charge in [0.2, 0.25) is 5.91 Å². The van der Waals surface area contributed by atoms with E-state index in [0.29, 0.717) is 13.0 Å². The Balaban J connectivity index is 0.00000200. The summed E-state index contributed by atoms with van der Waals surface area (Å²) in [5.74, 6) is 0.899. The first-order valence-electron chi connectivity index (χ1n) is 6.85. The zero-order chi connectivity index (χ0) is 13.7. The molecule has 4 nitrogen and oxygen atoms in total. The van der Waals surface area contributed by atoms with Crippen molar-refractivity contribution in [3.63, 3.8) is 0 Å². The fraction of sp³-hybridized carbons (Fsp3) is 0.533. The van der Waals surface area contributed by atoms with E-state index in [1.165, 1.54) is 11.1 Å². The molecule has 1 saturated heterocycles. The minimum atomic E-state index is 0. The van der Waals surface area contributed by atoms with Crippen LogP contribution in [0.2, 0.25) is 0 Å². The minimum absolute atomic E-state index is 0. The molecule has 20 heavy (non-hydrogen) atoms. The number of nitrogens with one attached hydrogen (secondary N) is 2. The lowest BCUT2D eigenvalue weighted by atomic mass is 10.1. The van der Waals surface area contributed by atoms with Gasteiger partial charge in [-0.25, -0.2) is 0 Å². The smallest absolute Gasteiger partial charge is 0.223 e. The minimum Gasteiger partial charge on any atom is -0.493 e. The van der Waals surface area contributed by atoms with Crippen LogP contribution in [0, 0.1) is 13.8 Å². The largest absolute Gasteiger partial charge is 0.493 e. The second kappa shape index (κ2) is 8.12. The first kappa shape index (κ1) is 16.8. The van der Waals surface area contributed by atoms with Crippen LogP contribution in [0.1, 0.15) is 24.0 Å². The zero-order valence-electron chi connectivity index (χ0n) is 12.1. The Morgan fingerprint density at radius 2 is 2.20 bits per heavy atom. The van der Waals surface area contributed by atoms with E-state index in [4.69, 9.17) is 4.74 Å². The normalized spacial score (nSPS) is 17.4. The van der Waals surface area contributed by atoms with Gasteiger partial charge in [0.1, 0.15) is 5.75 Å². The SMILES string of the molecule is Cc1ccc(OCCC(=O)NC2CCNC2)cc1C.Cl. The van der Waals surface area contributed by atoms with Crippen LogP contribution in [0.4, 0.5) is 0 Å². The lowest BCUT2D eigenvalue weighted by Gasteiger charge is -2.12. The Hall–Kier alpha value is -1.26. The van der Waals surface area contributed by atoms with Crippen molar-refractivity contribution in [2.24, 2.45) is 0 Å². The Bertz CT molecular complexity index is 445. The van der Waals surface area contributed by atoms with Crippen LogP contribution in [0.5, 0.6) is 5.75 Å². The lowest BCUT2D eigenvalue weighted by Crippen LogP contribution is -2.36. The quantitative estimate of drug-likeness (QED) is 0.874. The molecule has 0 saturated carbocycles. The second-order valence-corrected chi connectivity index (χ2v) is 5.10. The summed E-state index contributed by atoms with van der Waals surface area (Å²) < 4.78 is 5.60. The van der Waals surface area contributed by atoms with E-state index in [0.717, 1.165) is 25.3 Å². The van der Waals surface area contributed by atoms with Gasteiger partial charge in [-0.1, -0.05) is 6.07 Å². The summed E-state index contributed by atoms with van der Waals surface area (Å²) in [7, 11) is 0. The molecule has 5 heteroatoms. The zero-order valence-corrected chi connectivity index (χ0v) is 12.9. The highest BCUT2D eigenvalue weighted by atomic mass is 35.5. The van der Waals surface area contributed by atoms with E-state index in [2.05, 4.69) is 24.5 Å². The van der Waals surface area contributed by atoms with Crippen LogP contribution in [0.15, 0.2) is 18.2 Å². The third-order valence-corrected chi connectivity index (χ3v) is 3.50. The fourth-order valence-electron chi connectivity index (χ4n) is 2.14. The van der Waals surface area contributed by atoms with Gasteiger partial charge in [-0.3, -0.25) is 4.79 Å². The van der Waals surface area contributed by atoms with E-state index in [-0.39, 0.29) is 24.4 Å². The molecule has 0 aliphatic carbocycles. The van der Waals surface area contributed by atoms with Crippen molar-refractivity contribution in [2.75, 3.05) is 19.7 Å². The summed E-state index contributed by atoms with van der Waals surface area (Å²) in [5.41, 5.74) is 2.46. The van der Waals surface area contributed by atoms with Crippen molar-refractivity contribution >= 4 is 18.3 Å². The number of carbonyl (C=O) groups excluding carboxylic acids is 1. The summed E-state index contributed by atoms with van der Waals surface area (Å²) in [5, 5.41) is 6.23. The van der Waals surface area contributed by atoms with Crippen LogP contribution < -0.4 is 15.4 Å². The summed E-state index contributed by atoms with van der Waals surface area (Å²) in [6, 6.07) is 6.28. The molecule has 1 aliphatic heterocycles. The van der Waals surface area contributed by atoms with Crippen LogP contribution in [-0.4, -0.2) is 31.6 Å². The molecule has 1 aromatic rings. The van der Waals surface area contributed by atoms with E-state index >= 15 is 0 Å². The number of hydrogen-bond acceptors (Lipinski definition) is 3. The summed E-state index contributed by atoms with van der Waals surface area (Å²) in [4.78, 5) is 11.7. The van der Waals surface area contributed by atoms with Gasteiger partial charge in [0.05, 0.1) is 13.0 Å². The van der Waals surface area contributed by atoms with E-state index in [9.17, 15) is 4.79 Å². The molecule has 0 bridgehead atoms. The molecule has 1 aliphatic rings. The summed E-state index contributed by atoms with van der Waals surface area (Å²) in [6.45, 7) is 6.42. The highest BCUT2D eigenvalue weighted by Gasteiger charge is 2.16. The number of benzene rings is 1. The monoisotopic (exact) mass is 298 g/mol. The van der Waals surface area contributed by atoms with Gasteiger partial charge in [-0.2, -0.15) is 0 Å². The standard InChI is InChI=1S/C15H22N2O2.ClH/c1-11-3-4-14(9-12(11)2)19-8-6-15(18)17-13-5-7-16-10-13;/h3-4,9,13,16H,5-8,10H2,1-2H3,(H,17,18);1H. The van der Waals surface area contributed by atoms with E-state index in [1.54, 1.807) is 0 Å². The lowest BCUT2D eigenvalue weighted by molar-refractivity contribution is -0.122.